The molecule has 0 spiro atoms. The Morgan fingerprint density at radius 1 is 1.22 bits per heavy atom. The van der Waals surface area contributed by atoms with Crippen molar-refractivity contribution in [3.05, 3.63) is 52.8 Å². The first kappa shape index (κ1) is 25.6. The van der Waals surface area contributed by atoms with Crippen LogP contribution < -0.4 is 4.90 Å². The number of hydrogen-bond acceptors (Lipinski definition) is 6. The number of rotatable bonds is 9. The van der Waals surface area contributed by atoms with Crippen LogP contribution in [0.1, 0.15) is 46.6 Å². The van der Waals surface area contributed by atoms with Gasteiger partial charge in [0, 0.05) is 56.6 Å². The second-order valence-electron chi connectivity index (χ2n) is 9.88. The summed E-state index contributed by atoms with van der Waals surface area (Å²) >= 11 is 0. The van der Waals surface area contributed by atoms with Crippen molar-refractivity contribution < 1.29 is 22.7 Å². The van der Waals surface area contributed by atoms with Crippen LogP contribution in [0.3, 0.4) is 0 Å². The summed E-state index contributed by atoms with van der Waals surface area (Å²) in [6.07, 6.45) is 2.21. The van der Waals surface area contributed by atoms with Crippen molar-refractivity contribution in [2.75, 3.05) is 38.3 Å². The molecule has 2 aliphatic rings. The van der Waals surface area contributed by atoms with Gasteiger partial charge in [-0.05, 0) is 56.2 Å². The summed E-state index contributed by atoms with van der Waals surface area (Å²) in [7, 11) is -2.10. The number of H-pyrrole nitrogens is 1. The number of nitrogens with zero attached hydrogens (tertiary/aromatic N) is 3. The highest BCUT2D eigenvalue weighted by molar-refractivity contribution is 7.89. The molecule has 1 saturated heterocycles. The number of amides is 1. The molecule has 0 aliphatic carbocycles. The summed E-state index contributed by atoms with van der Waals surface area (Å²) in [4.78, 5) is 28.5. The van der Waals surface area contributed by atoms with Crippen molar-refractivity contribution in [1.82, 2.24) is 14.5 Å². The van der Waals surface area contributed by atoms with E-state index in [1.54, 1.807) is 25.9 Å². The van der Waals surface area contributed by atoms with Crippen LogP contribution in [0.25, 0.3) is 10.8 Å². The van der Waals surface area contributed by atoms with Gasteiger partial charge >= 0.3 is 0 Å². The maximum Gasteiger partial charge on any atom is 0.258 e. The summed E-state index contributed by atoms with van der Waals surface area (Å²) in [5.74, 6) is -0.396. The normalized spacial score (nSPS) is 18.2. The van der Waals surface area contributed by atoms with Gasteiger partial charge in [0.25, 0.3) is 5.91 Å². The number of piperidine rings is 1. The molecule has 1 aromatic heterocycles. The minimum atomic E-state index is -3.74. The van der Waals surface area contributed by atoms with E-state index < -0.39 is 10.0 Å². The van der Waals surface area contributed by atoms with Crippen LogP contribution in [0.15, 0.2) is 35.2 Å². The Labute approximate surface area is 216 Å². The fourth-order valence-corrected chi connectivity index (χ4v) is 7.51. The highest BCUT2D eigenvalue weighted by Crippen LogP contribution is 2.39. The zero-order valence-corrected chi connectivity index (χ0v) is 22.2. The first-order valence-corrected chi connectivity index (χ1v) is 14.1. The van der Waals surface area contributed by atoms with Crippen LogP contribution in [0.4, 0.5) is 5.69 Å². The monoisotopic (exact) mass is 524 g/mol. The number of aryl methyl sites for hydroxylation is 2. The van der Waals surface area contributed by atoms with Gasteiger partial charge in [0.15, 0.2) is 0 Å². The Kier molecular flexibility index (Phi) is 6.91. The van der Waals surface area contributed by atoms with Gasteiger partial charge in [-0.1, -0.05) is 18.2 Å². The van der Waals surface area contributed by atoms with Crippen LogP contribution in [0.2, 0.25) is 0 Å². The highest BCUT2D eigenvalue weighted by Gasteiger charge is 2.36. The third-order valence-corrected chi connectivity index (χ3v) is 9.60. The molecule has 9 nitrogen and oxygen atoms in total. The first-order chi connectivity index (χ1) is 17.7. The third-order valence-electron chi connectivity index (χ3n) is 7.47. The summed E-state index contributed by atoms with van der Waals surface area (Å²) in [5, 5.41) is 8.56. The van der Waals surface area contributed by atoms with Gasteiger partial charge < -0.3 is 9.64 Å². The summed E-state index contributed by atoms with van der Waals surface area (Å²) < 4.78 is 33.3. The lowest BCUT2D eigenvalue weighted by atomic mass is 9.89. The van der Waals surface area contributed by atoms with Crippen molar-refractivity contribution in [2.45, 2.75) is 44.4 Å². The van der Waals surface area contributed by atoms with Gasteiger partial charge in [-0.3, -0.25) is 14.7 Å². The van der Waals surface area contributed by atoms with Crippen molar-refractivity contribution in [1.29, 1.82) is 0 Å². The smallest absolute Gasteiger partial charge is 0.258 e. The van der Waals surface area contributed by atoms with Crippen LogP contribution in [-0.4, -0.2) is 68.0 Å². The molecule has 3 heterocycles. The molecule has 196 valence electrons. The zero-order valence-electron chi connectivity index (χ0n) is 21.4. The van der Waals surface area contributed by atoms with E-state index in [9.17, 15) is 18.0 Å². The lowest BCUT2D eigenvalue weighted by molar-refractivity contribution is -0.123. The van der Waals surface area contributed by atoms with Gasteiger partial charge in [0.05, 0.1) is 17.1 Å². The fraction of sp³-hybridized carbons (Fsp3) is 0.444. The molecule has 1 unspecified atom stereocenters. The van der Waals surface area contributed by atoms with Crippen molar-refractivity contribution in [2.24, 2.45) is 5.92 Å². The largest absolute Gasteiger partial charge is 0.385 e. The van der Waals surface area contributed by atoms with Crippen molar-refractivity contribution in [3.8, 4) is 0 Å². The number of ether oxygens (including phenoxy) is 1. The quantitative estimate of drug-likeness (QED) is 0.430. The standard InChI is InChI=1S/C27H32N4O5S/c1-17-26(18(2)29-28-17)37(34,35)30-12-5-7-20(16-30)24(32)15-19-10-11-23-25-21(19)8-4-9-22(25)27(33)31(23)13-6-14-36-3/h4,8-11,20H,5-7,12-16H2,1-3H3,(H,28,29). The molecule has 3 aromatic rings. The molecule has 1 fully saturated rings. The van der Waals surface area contributed by atoms with E-state index in [1.165, 1.54) is 4.31 Å². The molecule has 0 bridgehead atoms. The predicted octanol–water partition coefficient (Wildman–Crippen LogP) is 3.39. The number of benzene rings is 2. The van der Waals surface area contributed by atoms with E-state index in [0.717, 1.165) is 28.4 Å². The molecule has 2 aromatic carbocycles. The van der Waals surface area contributed by atoms with Crippen LogP contribution in [0.5, 0.6) is 0 Å². The Bertz CT molecular complexity index is 1460. The number of ketones is 1. The first-order valence-electron chi connectivity index (χ1n) is 12.6. The predicted molar refractivity (Wildman–Crippen MR) is 140 cm³/mol. The van der Waals surface area contributed by atoms with E-state index in [4.69, 9.17) is 4.74 Å². The Balaban J connectivity index is 1.37. The molecular formula is C27H32N4O5S. The van der Waals surface area contributed by atoms with Crippen molar-refractivity contribution >= 4 is 38.2 Å². The topological polar surface area (TPSA) is 113 Å². The number of sulfonamides is 1. The van der Waals surface area contributed by atoms with E-state index in [1.807, 2.05) is 30.3 Å². The van der Waals surface area contributed by atoms with Gasteiger partial charge in [-0.2, -0.15) is 9.40 Å². The molecule has 1 amide bonds. The molecule has 37 heavy (non-hydrogen) atoms. The maximum absolute atomic E-state index is 13.5. The van der Waals surface area contributed by atoms with Crippen LogP contribution in [0, 0.1) is 19.8 Å². The Hall–Kier alpha value is -3.08. The summed E-state index contributed by atoms with van der Waals surface area (Å²) in [6, 6.07) is 9.50. The number of Topliss-reactive ketones (excluding diaryl/α,β-unsaturated/α-hetero) is 1. The minimum Gasteiger partial charge on any atom is -0.385 e. The van der Waals surface area contributed by atoms with Gasteiger partial charge in [-0.15, -0.1) is 0 Å². The second-order valence-corrected chi connectivity index (χ2v) is 11.8. The second kappa shape index (κ2) is 10.00. The molecule has 0 radical (unpaired) electrons. The zero-order chi connectivity index (χ0) is 26.3. The Morgan fingerprint density at radius 3 is 2.76 bits per heavy atom. The number of aromatic amines is 1. The average molecular weight is 525 g/mol. The van der Waals surface area contributed by atoms with E-state index in [2.05, 4.69) is 10.2 Å². The number of aromatic nitrogens is 2. The van der Waals surface area contributed by atoms with Gasteiger partial charge in [0.1, 0.15) is 10.7 Å². The molecule has 0 saturated carbocycles. The Morgan fingerprint density at radius 2 is 2.03 bits per heavy atom. The maximum atomic E-state index is 13.5. The minimum absolute atomic E-state index is 0.0162. The van der Waals surface area contributed by atoms with Gasteiger partial charge in [0.2, 0.25) is 10.0 Å². The van der Waals surface area contributed by atoms with Crippen LogP contribution >= 0.6 is 0 Å². The van der Waals surface area contributed by atoms with Crippen LogP contribution in [-0.2, 0) is 26.0 Å². The molecule has 1 atom stereocenters. The lowest BCUT2D eigenvalue weighted by Gasteiger charge is -2.31. The number of methoxy groups -OCH3 is 1. The SMILES string of the molecule is COCCCN1C(=O)c2cccc3c(CC(=O)C4CCCN(S(=O)(=O)c5c(C)n[nH]c5C)C4)ccc1c23. The number of nitrogens with one attached hydrogen (secondary N) is 1. The van der Waals surface area contributed by atoms with E-state index in [-0.39, 0.29) is 35.5 Å². The van der Waals surface area contributed by atoms with Crippen molar-refractivity contribution in [3.63, 3.8) is 0 Å². The molecular weight excluding hydrogens is 492 g/mol. The average Bonchev–Trinajstić information content (AvgIpc) is 3.38. The number of carbonyl (C=O) groups is 2. The molecule has 2 aliphatic heterocycles. The highest BCUT2D eigenvalue weighted by atomic mass is 32.2. The summed E-state index contributed by atoms with van der Waals surface area (Å²) in [6.45, 7) is 5.05. The third kappa shape index (κ3) is 4.47. The lowest BCUT2D eigenvalue weighted by Crippen LogP contribution is -2.42. The number of hydrogen-bond donors (Lipinski definition) is 1. The number of carbonyl (C=O) groups excluding carboxylic acids is 2. The van der Waals surface area contributed by atoms with E-state index >= 15 is 0 Å². The molecule has 10 heteroatoms. The molecule has 1 N–H and O–H groups in total. The summed E-state index contributed by atoms with van der Waals surface area (Å²) in [5.41, 5.74) is 3.32. The fourth-order valence-electron chi connectivity index (χ4n) is 5.66. The van der Waals surface area contributed by atoms with Gasteiger partial charge in [-0.25, -0.2) is 8.42 Å². The number of anilines is 1. The van der Waals surface area contributed by atoms with E-state index in [0.29, 0.717) is 49.5 Å². The molecule has 5 rings (SSSR count).